The van der Waals surface area contributed by atoms with Gasteiger partial charge in [0, 0.05) is 18.6 Å². The molecule has 1 aromatic carbocycles. The molecule has 8 nitrogen and oxygen atoms in total. The van der Waals surface area contributed by atoms with Crippen molar-refractivity contribution in [1.82, 2.24) is 4.31 Å². The Morgan fingerprint density at radius 2 is 1.90 bits per heavy atom. The molecule has 1 saturated carbocycles. The van der Waals surface area contributed by atoms with E-state index >= 15 is 0 Å². The number of nitro benzene ring substituents is 1. The average Bonchev–Trinajstić information content (AvgIpc) is 2.99. The Hall–Kier alpha value is -2.10. The largest absolute Gasteiger partial charge is 0.365 e. The van der Waals surface area contributed by atoms with Crippen molar-refractivity contribution in [3.63, 3.8) is 0 Å². The summed E-state index contributed by atoms with van der Waals surface area (Å²) < 4.78 is 34.9. The summed E-state index contributed by atoms with van der Waals surface area (Å²) in [6, 6.07) is 4.38. The standard InChI is InChI=1S/C20H22N2O6S/c23-17-11-15-9-10-20(12-13-3-1-2-4-18(13)28-19(17)20)21(15)29(26,27)16-7-5-14(6-8-16)22(24)25/h5-10,13,15,18-19H,1-4,11-12H2/t13-,15+,18+,19-,20+/m0/s1. The van der Waals surface area contributed by atoms with Crippen molar-refractivity contribution in [1.29, 1.82) is 0 Å². The predicted molar refractivity (Wildman–Crippen MR) is 103 cm³/mol. The van der Waals surface area contributed by atoms with Crippen molar-refractivity contribution in [3.8, 4) is 0 Å². The highest BCUT2D eigenvalue weighted by atomic mass is 32.2. The van der Waals surface area contributed by atoms with Crippen LogP contribution < -0.4 is 0 Å². The maximum Gasteiger partial charge on any atom is 0.269 e. The maximum atomic E-state index is 13.6. The topological polar surface area (TPSA) is 107 Å². The van der Waals surface area contributed by atoms with Crippen LogP contribution in [0.25, 0.3) is 0 Å². The normalized spacial score (nSPS) is 36.5. The van der Waals surface area contributed by atoms with E-state index in [1.54, 1.807) is 0 Å². The summed E-state index contributed by atoms with van der Waals surface area (Å²) >= 11 is 0. The van der Waals surface area contributed by atoms with Crippen LogP contribution in [0.15, 0.2) is 41.3 Å². The Morgan fingerprint density at radius 1 is 1.17 bits per heavy atom. The number of benzene rings is 1. The molecule has 154 valence electrons. The zero-order chi connectivity index (χ0) is 20.4. The lowest BCUT2D eigenvalue weighted by molar-refractivity contribution is -0.384. The highest BCUT2D eigenvalue weighted by Gasteiger charge is 2.63. The van der Waals surface area contributed by atoms with Crippen LogP contribution in [0, 0.1) is 16.0 Å². The Morgan fingerprint density at radius 3 is 2.62 bits per heavy atom. The van der Waals surface area contributed by atoms with Crippen LogP contribution in [0.3, 0.4) is 0 Å². The van der Waals surface area contributed by atoms with Gasteiger partial charge >= 0.3 is 0 Å². The van der Waals surface area contributed by atoms with Gasteiger partial charge in [0.25, 0.3) is 5.69 Å². The predicted octanol–water partition coefficient (Wildman–Crippen LogP) is 2.58. The van der Waals surface area contributed by atoms with Crippen molar-refractivity contribution in [2.45, 2.75) is 67.2 Å². The van der Waals surface area contributed by atoms with Gasteiger partial charge in [0.05, 0.1) is 27.5 Å². The third-order valence-corrected chi connectivity index (χ3v) is 8.82. The van der Waals surface area contributed by atoms with Crippen LogP contribution in [0.1, 0.15) is 38.5 Å². The van der Waals surface area contributed by atoms with Crippen LogP contribution >= 0.6 is 0 Å². The van der Waals surface area contributed by atoms with Crippen LogP contribution in [0.5, 0.6) is 0 Å². The van der Waals surface area contributed by atoms with E-state index in [0.29, 0.717) is 6.42 Å². The molecule has 5 atom stereocenters. The lowest BCUT2D eigenvalue weighted by Crippen LogP contribution is -2.69. The molecule has 29 heavy (non-hydrogen) atoms. The molecule has 0 amide bonds. The molecule has 1 spiro atoms. The summed E-state index contributed by atoms with van der Waals surface area (Å²) in [7, 11) is -3.97. The molecule has 1 aliphatic carbocycles. The van der Waals surface area contributed by atoms with Crippen molar-refractivity contribution < 1.29 is 22.9 Å². The Labute approximate surface area is 168 Å². The van der Waals surface area contributed by atoms with Crippen molar-refractivity contribution in [2.24, 2.45) is 5.92 Å². The molecule has 4 aliphatic rings. The molecule has 3 fully saturated rings. The van der Waals surface area contributed by atoms with Crippen LogP contribution in [0.4, 0.5) is 5.69 Å². The maximum absolute atomic E-state index is 13.6. The molecule has 0 aromatic heterocycles. The van der Waals surface area contributed by atoms with Crippen molar-refractivity contribution >= 4 is 21.5 Å². The number of nitro groups is 1. The molecule has 2 saturated heterocycles. The molecule has 5 rings (SSSR count). The molecule has 2 bridgehead atoms. The van der Waals surface area contributed by atoms with Gasteiger partial charge in [-0.05, 0) is 37.3 Å². The highest BCUT2D eigenvalue weighted by Crippen LogP contribution is 2.52. The second kappa shape index (κ2) is 6.45. The zero-order valence-electron chi connectivity index (χ0n) is 15.8. The van der Waals surface area contributed by atoms with E-state index in [2.05, 4.69) is 0 Å². The number of hydrogen-bond donors (Lipinski definition) is 0. The van der Waals surface area contributed by atoms with Crippen LogP contribution in [0.2, 0.25) is 0 Å². The highest BCUT2D eigenvalue weighted by molar-refractivity contribution is 7.89. The van der Waals surface area contributed by atoms with Crippen LogP contribution in [-0.4, -0.2) is 47.2 Å². The van der Waals surface area contributed by atoms with Gasteiger partial charge in [-0.15, -0.1) is 0 Å². The SMILES string of the molecule is O=C1C[C@H]2C=C[C@]3(C[C@@H]4CCCC[C@H]4O[C@@H]13)N2S(=O)(=O)c1ccc([N+](=O)[O-])cc1. The van der Waals surface area contributed by atoms with E-state index in [4.69, 9.17) is 4.74 Å². The first-order chi connectivity index (χ1) is 13.8. The fraction of sp³-hybridized carbons (Fsp3) is 0.550. The number of Topliss-reactive ketones (excluding diaryl/α,β-unsaturated/α-hetero) is 1. The summed E-state index contributed by atoms with van der Waals surface area (Å²) in [5.41, 5.74) is -1.17. The van der Waals surface area contributed by atoms with Gasteiger partial charge in [-0.2, -0.15) is 4.31 Å². The smallest absolute Gasteiger partial charge is 0.269 e. The van der Waals surface area contributed by atoms with E-state index < -0.39 is 32.6 Å². The second-order valence-corrected chi connectivity index (χ2v) is 10.3. The van der Waals surface area contributed by atoms with Gasteiger partial charge in [0.15, 0.2) is 5.78 Å². The van der Waals surface area contributed by atoms with Crippen LogP contribution in [-0.2, 0) is 19.6 Å². The van der Waals surface area contributed by atoms with Gasteiger partial charge in [0.1, 0.15) is 6.10 Å². The monoisotopic (exact) mass is 418 g/mol. The van der Waals surface area contributed by atoms with E-state index in [1.807, 2.05) is 12.2 Å². The molecule has 1 aromatic rings. The first-order valence-corrected chi connectivity index (χ1v) is 11.4. The third kappa shape index (κ3) is 2.71. The van der Waals surface area contributed by atoms with Gasteiger partial charge in [0.2, 0.25) is 10.0 Å². The number of carbonyl (C=O) groups excluding carboxylic acids is 1. The Balaban J connectivity index is 1.56. The fourth-order valence-corrected chi connectivity index (χ4v) is 7.47. The van der Waals surface area contributed by atoms with Gasteiger partial charge < -0.3 is 4.74 Å². The molecule has 0 unspecified atom stereocenters. The zero-order valence-corrected chi connectivity index (χ0v) is 16.6. The minimum absolute atomic E-state index is 0.00459. The summed E-state index contributed by atoms with van der Waals surface area (Å²) in [5.74, 6) is 0.183. The van der Waals surface area contributed by atoms with E-state index in [0.717, 1.165) is 25.7 Å². The molecule has 9 heteroatoms. The van der Waals surface area contributed by atoms with Crippen molar-refractivity contribution in [3.05, 3.63) is 46.5 Å². The summed E-state index contributed by atoms with van der Waals surface area (Å²) in [6.45, 7) is 0. The fourth-order valence-electron chi connectivity index (χ4n) is 5.58. The van der Waals surface area contributed by atoms with E-state index in [9.17, 15) is 23.3 Å². The molecule has 3 heterocycles. The first-order valence-electron chi connectivity index (χ1n) is 9.99. The molecular formula is C20H22N2O6S. The second-order valence-electron chi connectivity index (χ2n) is 8.44. The number of rotatable bonds is 3. The average molecular weight is 418 g/mol. The number of fused-ring (bicyclic) bond motifs is 2. The molecule has 3 aliphatic heterocycles. The van der Waals surface area contributed by atoms with Gasteiger partial charge in [-0.1, -0.05) is 25.0 Å². The van der Waals surface area contributed by atoms with Crippen molar-refractivity contribution in [2.75, 3.05) is 0 Å². The van der Waals surface area contributed by atoms with Gasteiger partial charge in [-0.25, -0.2) is 8.42 Å². The summed E-state index contributed by atoms with van der Waals surface area (Å²) in [6.07, 6.45) is 7.60. The number of carbonyl (C=O) groups is 1. The number of nitrogens with zero attached hydrogens (tertiary/aromatic N) is 2. The van der Waals surface area contributed by atoms with E-state index in [-0.39, 0.29) is 34.8 Å². The first kappa shape index (κ1) is 18.9. The number of hydrogen-bond acceptors (Lipinski definition) is 6. The quantitative estimate of drug-likeness (QED) is 0.424. The summed E-state index contributed by atoms with van der Waals surface area (Å²) in [4.78, 5) is 23.2. The minimum atomic E-state index is -3.97. The van der Waals surface area contributed by atoms with Gasteiger partial charge in [-0.3, -0.25) is 14.9 Å². The number of non-ortho nitro benzene ring substituents is 1. The summed E-state index contributed by atoms with van der Waals surface area (Å²) in [5, 5.41) is 10.9. The Bertz CT molecular complexity index is 1000. The minimum Gasteiger partial charge on any atom is -0.365 e. The molecule has 0 N–H and O–H groups in total. The third-order valence-electron chi connectivity index (χ3n) is 6.82. The number of ether oxygens (including phenoxy) is 1. The molecule has 0 radical (unpaired) electrons. The Kier molecular flexibility index (Phi) is 4.20. The lowest BCUT2D eigenvalue weighted by atomic mass is 9.71. The molecular weight excluding hydrogens is 396 g/mol. The van der Waals surface area contributed by atoms with E-state index in [1.165, 1.54) is 28.6 Å². The number of ketones is 1. The number of sulfonamides is 1. The number of piperidine rings is 1. The lowest BCUT2D eigenvalue weighted by Gasteiger charge is -2.54.